The van der Waals surface area contributed by atoms with Crippen molar-refractivity contribution in [3.63, 3.8) is 0 Å². The van der Waals surface area contributed by atoms with E-state index in [4.69, 9.17) is 16.5 Å². The van der Waals surface area contributed by atoms with Gasteiger partial charge >= 0.3 is 0 Å². The average Bonchev–Trinajstić information content (AvgIpc) is 3.25. The molecular weight excluding hydrogens is 322 g/mol. The smallest absolute Gasteiger partial charge is 0.138 e. The Labute approximate surface area is 150 Å². The Morgan fingerprint density at radius 1 is 0.808 bits per heavy atom. The monoisotopic (exact) mass is 339 g/mol. The van der Waals surface area contributed by atoms with Crippen molar-refractivity contribution in [1.29, 1.82) is 0 Å². The average molecular weight is 339 g/mol. The molecule has 0 amide bonds. The predicted octanol–water partition coefficient (Wildman–Crippen LogP) is 4.07. The number of aliphatic imine (C=N–C) groups is 1. The minimum absolute atomic E-state index is 0.725. The van der Waals surface area contributed by atoms with Crippen molar-refractivity contribution in [2.24, 2.45) is 4.99 Å². The Morgan fingerprint density at radius 3 is 2.42 bits per heavy atom. The van der Waals surface area contributed by atoms with Gasteiger partial charge in [0.1, 0.15) is 5.82 Å². The van der Waals surface area contributed by atoms with Crippen LogP contribution >= 0.6 is 0 Å². The molecular formula is C21H17N5. The summed E-state index contributed by atoms with van der Waals surface area (Å²) >= 11 is 0. The van der Waals surface area contributed by atoms with Gasteiger partial charge in [0, 0.05) is 23.4 Å². The van der Waals surface area contributed by atoms with Crippen LogP contribution in [0.2, 0.25) is 0 Å². The van der Waals surface area contributed by atoms with E-state index in [1.165, 1.54) is 5.56 Å². The number of anilines is 2. The molecule has 4 aromatic rings. The fourth-order valence-electron chi connectivity index (χ4n) is 3.35. The van der Waals surface area contributed by atoms with E-state index in [1.807, 2.05) is 42.5 Å². The molecule has 5 rings (SSSR count). The molecule has 0 fully saturated rings. The predicted molar refractivity (Wildman–Crippen MR) is 107 cm³/mol. The van der Waals surface area contributed by atoms with E-state index in [0.29, 0.717) is 0 Å². The maximum atomic E-state index is 5.85. The van der Waals surface area contributed by atoms with Crippen molar-refractivity contribution < 1.29 is 0 Å². The zero-order valence-corrected chi connectivity index (χ0v) is 14.0. The van der Waals surface area contributed by atoms with Crippen LogP contribution in [0.5, 0.6) is 0 Å². The van der Waals surface area contributed by atoms with Crippen LogP contribution in [-0.2, 0) is 6.42 Å². The molecule has 0 saturated carbocycles. The molecule has 0 atom stereocenters. The van der Waals surface area contributed by atoms with Gasteiger partial charge in [0.25, 0.3) is 0 Å². The first-order chi connectivity index (χ1) is 12.7. The van der Waals surface area contributed by atoms with Crippen molar-refractivity contribution in [3.05, 3.63) is 71.8 Å². The van der Waals surface area contributed by atoms with Crippen molar-refractivity contribution in [2.45, 2.75) is 6.42 Å². The van der Waals surface area contributed by atoms with Gasteiger partial charge in [0.05, 0.1) is 22.4 Å². The van der Waals surface area contributed by atoms with Crippen LogP contribution < -0.4 is 11.5 Å². The lowest BCUT2D eigenvalue weighted by Crippen LogP contribution is -2.00. The van der Waals surface area contributed by atoms with E-state index in [1.54, 1.807) is 0 Å². The standard InChI is InChI=1S/C21H17N5/c22-15-4-1-12(2-5-15)19-10-14-9-13(3-7-17(14)24-19)21-25-18-8-6-16(23)11-20(18)26-21/h1-9,11H,10,22-23H2,(H,25,26). The normalized spacial score (nSPS) is 13.0. The Morgan fingerprint density at radius 2 is 1.58 bits per heavy atom. The molecule has 5 heteroatoms. The van der Waals surface area contributed by atoms with Crippen LogP contribution in [0.4, 0.5) is 17.1 Å². The summed E-state index contributed by atoms with van der Waals surface area (Å²) in [6, 6.07) is 19.8. The quantitative estimate of drug-likeness (QED) is 0.481. The van der Waals surface area contributed by atoms with Gasteiger partial charge in [-0.25, -0.2) is 4.98 Å². The lowest BCUT2D eigenvalue weighted by molar-refractivity contribution is 1.31. The Bertz CT molecular complexity index is 1170. The summed E-state index contributed by atoms with van der Waals surface area (Å²) in [5.74, 6) is 0.842. The molecule has 2 heterocycles. The Hall–Kier alpha value is -3.60. The maximum Gasteiger partial charge on any atom is 0.138 e. The van der Waals surface area contributed by atoms with Gasteiger partial charge in [-0.15, -0.1) is 0 Å². The van der Waals surface area contributed by atoms with Gasteiger partial charge < -0.3 is 16.5 Å². The Kier molecular flexibility index (Phi) is 3.09. The lowest BCUT2D eigenvalue weighted by atomic mass is 10.0. The lowest BCUT2D eigenvalue weighted by Gasteiger charge is -2.02. The number of hydrogen-bond acceptors (Lipinski definition) is 4. The van der Waals surface area contributed by atoms with E-state index in [9.17, 15) is 0 Å². The minimum Gasteiger partial charge on any atom is -0.399 e. The summed E-state index contributed by atoms with van der Waals surface area (Å²) in [6.07, 6.45) is 0.806. The highest BCUT2D eigenvalue weighted by Gasteiger charge is 2.17. The fourth-order valence-corrected chi connectivity index (χ4v) is 3.35. The highest BCUT2D eigenvalue weighted by molar-refractivity contribution is 6.06. The summed E-state index contributed by atoms with van der Waals surface area (Å²) in [5.41, 5.74) is 20.4. The van der Waals surface area contributed by atoms with Crippen molar-refractivity contribution in [2.75, 3.05) is 11.5 Å². The van der Waals surface area contributed by atoms with E-state index < -0.39 is 0 Å². The molecule has 0 unspecified atom stereocenters. The SMILES string of the molecule is Nc1ccc(C2=Nc3ccc(-c4nc5ccc(N)cc5[nH]4)cc3C2)cc1. The summed E-state index contributed by atoms with van der Waals surface area (Å²) in [5, 5.41) is 0. The Balaban J connectivity index is 1.49. The third-order valence-electron chi connectivity index (χ3n) is 4.72. The molecule has 1 aromatic heterocycles. The molecule has 0 aliphatic carbocycles. The topological polar surface area (TPSA) is 93.1 Å². The zero-order valence-electron chi connectivity index (χ0n) is 14.0. The summed E-state index contributed by atoms with van der Waals surface area (Å²) in [4.78, 5) is 12.8. The summed E-state index contributed by atoms with van der Waals surface area (Å²) < 4.78 is 0. The number of nitrogens with zero attached hydrogens (tertiary/aromatic N) is 2. The zero-order chi connectivity index (χ0) is 17.7. The molecule has 0 bridgehead atoms. The molecule has 0 saturated heterocycles. The second-order valence-electron chi connectivity index (χ2n) is 6.56. The molecule has 126 valence electrons. The van der Waals surface area contributed by atoms with Crippen LogP contribution in [0, 0.1) is 0 Å². The van der Waals surface area contributed by atoms with Gasteiger partial charge in [-0.05, 0) is 59.7 Å². The molecule has 1 aliphatic rings. The second kappa shape index (κ2) is 5.46. The van der Waals surface area contributed by atoms with Gasteiger partial charge in [-0.1, -0.05) is 12.1 Å². The highest BCUT2D eigenvalue weighted by Crippen LogP contribution is 2.33. The van der Waals surface area contributed by atoms with Crippen LogP contribution in [0.3, 0.4) is 0 Å². The van der Waals surface area contributed by atoms with Gasteiger partial charge in [-0.3, -0.25) is 4.99 Å². The van der Waals surface area contributed by atoms with Gasteiger partial charge in [-0.2, -0.15) is 0 Å². The molecule has 26 heavy (non-hydrogen) atoms. The maximum absolute atomic E-state index is 5.85. The number of aromatic amines is 1. The molecule has 5 nitrogen and oxygen atoms in total. The van der Waals surface area contributed by atoms with Crippen molar-refractivity contribution in [3.8, 4) is 11.4 Å². The highest BCUT2D eigenvalue weighted by atomic mass is 14.9. The third kappa shape index (κ3) is 2.41. The molecule has 5 N–H and O–H groups in total. The molecule has 1 aliphatic heterocycles. The van der Waals surface area contributed by atoms with E-state index in [0.717, 1.165) is 57.2 Å². The van der Waals surface area contributed by atoms with E-state index >= 15 is 0 Å². The number of rotatable bonds is 2. The first kappa shape index (κ1) is 14.7. The minimum atomic E-state index is 0.725. The van der Waals surface area contributed by atoms with E-state index in [-0.39, 0.29) is 0 Å². The molecule has 0 radical (unpaired) electrons. The van der Waals surface area contributed by atoms with Crippen molar-refractivity contribution >= 4 is 33.8 Å². The van der Waals surface area contributed by atoms with Gasteiger partial charge in [0.15, 0.2) is 0 Å². The molecule has 0 spiro atoms. The fraction of sp³-hybridized carbons (Fsp3) is 0.0476. The number of imidazole rings is 1. The number of nitrogen functional groups attached to an aromatic ring is 2. The van der Waals surface area contributed by atoms with Crippen LogP contribution in [0.1, 0.15) is 11.1 Å². The van der Waals surface area contributed by atoms with Crippen LogP contribution in [-0.4, -0.2) is 15.7 Å². The number of benzene rings is 3. The first-order valence-electron chi connectivity index (χ1n) is 8.48. The van der Waals surface area contributed by atoms with Crippen LogP contribution in [0.15, 0.2) is 65.7 Å². The largest absolute Gasteiger partial charge is 0.399 e. The van der Waals surface area contributed by atoms with E-state index in [2.05, 4.69) is 28.2 Å². The van der Waals surface area contributed by atoms with Crippen molar-refractivity contribution in [1.82, 2.24) is 9.97 Å². The molecule has 3 aromatic carbocycles. The number of aromatic nitrogens is 2. The second-order valence-corrected chi connectivity index (χ2v) is 6.56. The third-order valence-corrected chi connectivity index (χ3v) is 4.72. The number of hydrogen-bond donors (Lipinski definition) is 3. The number of fused-ring (bicyclic) bond motifs is 2. The number of nitrogens with two attached hydrogens (primary N) is 2. The van der Waals surface area contributed by atoms with Gasteiger partial charge in [0.2, 0.25) is 0 Å². The number of nitrogens with one attached hydrogen (secondary N) is 1. The van der Waals surface area contributed by atoms with Crippen LogP contribution in [0.25, 0.3) is 22.4 Å². The summed E-state index contributed by atoms with van der Waals surface area (Å²) in [6.45, 7) is 0. The first-order valence-corrected chi connectivity index (χ1v) is 8.48. The summed E-state index contributed by atoms with van der Waals surface area (Å²) in [7, 11) is 0. The number of H-pyrrole nitrogens is 1.